The third-order valence-electron chi connectivity index (χ3n) is 7.13. The van der Waals surface area contributed by atoms with Gasteiger partial charge >= 0.3 is 6.18 Å². The highest BCUT2D eigenvalue weighted by Crippen LogP contribution is 2.40. The Morgan fingerprint density at radius 2 is 1.79 bits per heavy atom. The molecule has 12 heteroatoms. The minimum atomic E-state index is -4.57. The Morgan fingerprint density at radius 1 is 1.07 bits per heavy atom. The predicted molar refractivity (Wildman–Crippen MR) is 147 cm³/mol. The number of carbonyl (C=O) groups is 2. The quantitative estimate of drug-likeness (QED) is 0.219. The van der Waals surface area contributed by atoms with Crippen LogP contribution in [0.15, 0.2) is 59.0 Å². The van der Waals surface area contributed by atoms with Crippen LogP contribution >= 0.6 is 0 Å². The maximum absolute atomic E-state index is 13.6. The van der Waals surface area contributed by atoms with Crippen LogP contribution in [0.3, 0.4) is 0 Å². The SMILES string of the molecule is CNC(=O)c1c(-c2ccc(F)cc2)oc2nc(NCC(F)(F)F)c(-c3cccc(C(=O)N[C@@](C)(C#N)C4CC4)c3)cc12. The normalized spacial score (nSPS) is 14.6. The van der Waals surface area contributed by atoms with E-state index in [1.165, 1.54) is 49.5 Å². The van der Waals surface area contributed by atoms with E-state index in [1.54, 1.807) is 19.1 Å². The molecule has 0 unspecified atom stereocenters. The van der Waals surface area contributed by atoms with Gasteiger partial charge in [0.25, 0.3) is 11.8 Å². The molecule has 1 atom stereocenters. The molecule has 0 saturated heterocycles. The van der Waals surface area contributed by atoms with E-state index >= 15 is 0 Å². The van der Waals surface area contributed by atoms with E-state index in [4.69, 9.17) is 4.42 Å². The highest BCUT2D eigenvalue weighted by molar-refractivity contribution is 6.11. The monoisotopic (exact) mass is 579 g/mol. The van der Waals surface area contributed by atoms with Crippen molar-refractivity contribution in [2.75, 3.05) is 18.9 Å². The Bertz CT molecular complexity index is 1720. The highest BCUT2D eigenvalue weighted by atomic mass is 19.4. The fourth-order valence-corrected chi connectivity index (χ4v) is 4.74. The number of hydrogen-bond donors (Lipinski definition) is 3. The lowest BCUT2D eigenvalue weighted by Gasteiger charge is -2.23. The lowest BCUT2D eigenvalue weighted by Crippen LogP contribution is -2.46. The molecule has 3 N–H and O–H groups in total. The number of nitrogens with one attached hydrogen (secondary N) is 3. The number of rotatable bonds is 8. The van der Waals surface area contributed by atoms with Crippen LogP contribution in [-0.2, 0) is 0 Å². The van der Waals surface area contributed by atoms with Crippen molar-refractivity contribution in [3.8, 4) is 28.5 Å². The first-order valence-electron chi connectivity index (χ1n) is 13.0. The zero-order chi connectivity index (χ0) is 30.2. The molecule has 216 valence electrons. The summed E-state index contributed by atoms with van der Waals surface area (Å²) in [6, 6.07) is 14.9. The Labute approximate surface area is 237 Å². The van der Waals surface area contributed by atoms with Gasteiger partial charge in [-0.3, -0.25) is 9.59 Å². The molecule has 4 aromatic rings. The van der Waals surface area contributed by atoms with Crippen LogP contribution in [0.2, 0.25) is 0 Å². The first kappa shape index (κ1) is 28.6. The third-order valence-corrected chi connectivity index (χ3v) is 7.13. The standard InChI is InChI=1S/C30H25F4N5O3/c1-29(14-35,19-8-9-19)39-26(40)18-5-3-4-17(12-18)21-13-22-23(27(41)36-2)24(16-6-10-20(31)11-7-16)42-28(22)38-25(21)37-15-30(32,33)34/h3-7,10-13,19H,8-9,15H2,1-2H3,(H,36,41)(H,37,38)(H,39,40)/t29-/m0/s1. The van der Waals surface area contributed by atoms with Crippen LogP contribution in [0.4, 0.5) is 23.4 Å². The number of fused-ring (bicyclic) bond motifs is 1. The second-order valence-electron chi connectivity index (χ2n) is 10.2. The summed E-state index contributed by atoms with van der Waals surface area (Å²) < 4.78 is 59.1. The van der Waals surface area contributed by atoms with Crippen molar-refractivity contribution in [2.24, 2.45) is 5.92 Å². The number of pyridine rings is 1. The Balaban J connectivity index is 1.65. The van der Waals surface area contributed by atoms with Gasteiger partial charge in [0.15, 0.2) is 0 Å². The number of halogens is 4. The number of amides is 2. The average molecular weight is 580 g/mol. The zero-order valence-corrected chi connectivity index (χ0v) is 22.5. The van der Waals surface area contributed by atoms with Crippen molar-refractivity contribution in [3.05, 3.63) is 71.5 Å². The van der Waals surface area contributed by atoms with E-state index < -0.39 is 35.9 Å². The molecule has 0 bridgehead atoms. The lowest BCUT2D eigenvalue weighted by molar-refractivity contribution is -0.115. The molecule has 5 rings (SSSR count). The Morgan fingerprint density at radius 3 is 2.40 bits per heavy atom. The smallest absolute Gasteiger partial charge is 0.405 e. The summed E-state index contributed by atoms with van der Waals surface area (Å²) in [7, 11) is 1.40. The minimum absolute atomic E-state index is 0.0407. The number of hydrogen-bond acceptors (Lipinski definition) is 6. The van der Waals surface area contributed by atoms with E-state index in [0.717, 1.165) is 12.8 Å². The number of nitriles is 1. The molecular formula is C30H25F4N5O3. The van der Waals surface area contributed by atoms with Crippen molar-refractivity contribution in [2.45, 2.75) is 31.5 Å². The van der Waals surface area contributed by atoms with E-state index in [9.17, 15) is 32.4 Å². The lowest BCUT2D eigenvalue weighted by atomic mass is 9.96. The largest absolute Gasteiger partial charge is 0.437 e. The van der Waals surface area contributed by atoms with E-state index in [-0.39, 0.29) is 45.3 Å². The highest BCUT2D eigenvalue weighted by Gasteiger charge is 2.43. The maximum Gasteiger partial charge on any atom is 0.405 e. The number of anilines is 1. The molecule has 0 spiro atoms. The third kappa shape index (κ3) is 5.76. The van der Waals surface area contributed by atoms with Crippen LogP contribution in [0.1, 0.15) is 40.5 Å². The molecule has 1 aliphatic carbocycles. The second kappa shape index (κ2) is 10.8. The van der Waals surface area contributed by atoms with Gasteiger partial charge in [-0.1, -0.05) is 12.1 Å². The zero-order valence-electron chi connectivity index (χ0n) is 22.5. The van der Waals surface area contributed by atoms with Crippen molar-refractivity contribution in [1.82, 2.24) is 15.6 Å². The van der Waals surface area contributed by atoms with Crippen molar-refractivity contribution in [1.29, 1.82) is 5.26 Å². The van der Waals surface area contributed by atoms with Gasteiger partial charge in [0.05, 0.1) is 17.0 Å². The molecule has 1 fully saturated rings. The minimum Gasteiger partial charge on any atom is -0.437 e. The first-order valence-corrected chi connectivity index (χ1v) is 13.0. The summed E-state index contributed by atoms with van der Waals surface area (Å²) in [4.78, 5) is 30.4. The van der Waals surface area contributed by atoms with Gasteiger partial charge in [0.1, 0.15) is 29.5 Å². The summed E-state index contributed by atoms with van der Waals surface area (Å²) in [5, 5.41) is 17.4. The summed E-state index contributed by atoms with van der Waals surface area (Å²) in [5.41, 5.74) is -0.0788. The molecule has 42 heavy (non-hydrogen) atoms. The van der Waals surface area contributed by atoms with Crippen molar-refractivity contribution >= 4 is 28.7 Å². The Hall–Kier alpha value is -4.92. The molecule has 0 radical (unpaired) electrons. The average Bonchev–Trinajstić information content (AvgIpc) is 3.77. The van der Waals surface area contributed by atoms with E-state index in [0.29, 0.717) is 11.1 Å². The molecule has 0 aliphatic heterocycles. The Kier molecular flexibility index (Phi) is 7.36. The van der Waals surface area contributed by atoms with E-state index in [2.05, 4.69) is 27.0 Å². The number of furan rings is 1. The van der Waals surface area contributed by atoms with Crippen molar-refractivity contribution in [3.63, 3.8) is 0 Å². The van der Waals surface area contributed by atoms with Gasteiger partial charge in [0, 0.05) is 23.7 Å². The molecular weight excluding hydrogens is 554 g/mol. The molecule has 2 heterocycles. The fourth-order valence-electron chi connectivity index (χ4n) is 4.74. The predicted octanol–water partition coefficient (Wildman–Crippen LogP) is 6.06. The van der Waals surface area contributed by atoms with Crippen LogP contribution in [0.25, 0.3) is 33.6 Å². The molecule has 2 aromatic carbocycles. The van der Waals surface area contributed by atoms with Gasteiger partial charge in [0.2, 0.25) is 5.71 Å². The number of carbonyl (C=O) groups excluding carboxylic acids is 2. The van der Waals surface area contributed by atoms with Crippen LogP contribution in [0.5, 0.6) is 0 Å². The summed E-state index contributed by atoms with van der Waals surface area (Å²) >= 11 is 0. The topological polar surface area (TPSA) is 120 Å². The first-order chi connectivity index (χ1) is 19.9. The molecule has 8 nitrogen and oxygen atoms in total. The summed E-state index contributed by atoms with van der Waals surface area (Å²) in [6.07, 6.45) is -2.93. The van der Waals surface area contributed by atoms with Gasteiger partial charge < -0.3 is 20.4 Å². The molecule has 1 saturated carbocycles. The molecule has 2 amide bonds. The number of alkyl halides is 3. The number of aromatic nitrogens is 1. The van der Waals surface area contributed by atoms with Gasteiger partial charge in [-0.05, 0) is 73.7 Å². The fraction of sp³-hybridized carbons (Fsp3) is 0.267. The van der Waals surface area contributed by atoms with Crippen LogP contribution < -0.4 is 16.0 Å². The summed E-state index contributed by atoms with van der Waals surface area (Å²) in [6.45, 7) is 0.246. The van der Waals surface area contributed by atoms with Crippen LogP contribution in [0, 0.1) is 23.1 Å². The van der Waals surface area contributed by atoms with Gasteiger partial charge in [-0.25, -0.2) is 4.39 Å². The van der Waals surface area contributed by atoms with Crippen molar-refractivity contribution < 1.29 is 31.6 Å². The second-order valence-corrected chi connectivity index (χ2v) is 10.2. The molecule has 1 aliphatic rings. The van der Waals surface area contributed by atoms with E-state index in [1.807, 2.05) is 0 Å². The number of benzene rings is 2. The number of nitrogens with zero attached hydrogens (tertiary/aromatic N) is 2. The van der Waals surface area contributed by atoms with Crippen LogP contribution in [-0.4, -0.2) is 42.1 Å². The van der Waals surface area contributed by atoms with Gasteiger partial charge in [-0.15, -0.1) is 0 Å². The summed E-state index contributed by atoms with van der Waals surface area (Å²) in [5.74, 6) is -1.68. The molecule has 2 aromatic heterocycles. The van der Waals surface area contributed by atoms with Gasteiger partial charge in [-0.2, -0.15) is 23.4 Å². The maximum atomic E-state index is 13.6.